The Hall–Kier alpha value is -5.36. The number of hydrogen-bond donors (Lipinski definition) is 5. The lowest BCUT2D eigenvalue weighted by atomic mass is 9.81. The summed E-state index contributed by atoms with van der Waals surface area (Å²) in [5.41, 5.74) is 3.40. The third kappa shape index (κ3) is 7.91. The number of H-pyrrole nitrogens is 1. The van der Waals surface area contributed by atoms with Crippen molar-refractivity contribution in [1.82, 2.24) is 20.1 Å². The molecule has 3 atom stereocenters. The van der Waals surface area contributed by atoms with Crippen LogP contribution >= 0.6 is 0 Å². The molecule has 0 radical (unpaired) electrons. The molecule has 3 aliphatic rings. The van der Waals surface area contributed by atoms with Crippen LogP contribution in [-0.2, 0) is 6.54 Å². The van der Waals surface area contributed by atoms with Gasteiger partial charge in [-0.2, -0.15) is 0 Å². The predicted molar refractivity (Wildman–Crippen MR) is 198 cm³/mol. The highest BCUT2D eigenvalue weighted by Crippen LogP contribution is 2.39. The molecular weight excluding hydrogens is 660 g/mol. The first-order chi connectivity index (χ1) is 25.3. The summed E-state index contributed by atoms with van der Waals surface area (Å²) in [5.74, 6) is 1.66. The lowest BCUT2D eigenvalue weighted by molar-refractivity contribution is -0.000812. The molecule has 4 heterocycles. The summed E-state index contributed by atoms with van der Waals surface area (Å²) in [7, 11) is 0. The second-order valence-electron chi connectivity index (χ2n) is 13.6. The molecule has 4 aromatic carbocycles. The Bertz CT molecular complexity index is 2030. The van der Waals surface area contributed by atoms with Crippen LogP contribution in [-0.4, -0.2) is 81.6 Å². The minimum absolute atomic E-state index is 0.0456. The van der Waals surface area contributed by atoms with Gasteiger partial charge in [0.1, 0.15) is 30.5 Å². The monoisotopic (exact) mass is 704 g/mol. The lowest BCUT2D eigenvalue weighted by Crippen LogP contribution is -2.59. The van der Waals surface area contributed by atoms with E-state index in [0.29, 0.717) is 53.6 Å². The van der Waals surface area contributed by atoms with Gasteiger partial charge in [0.15, 0.2) is 0 Å². The number of aliphatic hydroxyl groups is 1. The molecule has 0 aliphatic carbocycles. The van der Waals surface area contributed by atoms with E-state index in [4.69, 9.17) is 9.47 Å². The van der Waals surface area contributed by atoms with Crippen molar-refractivity contribution in [2.45, 2.75) is 37.6 Å². The summed E-state index contributed by atoms with van der Waals surface area (Å²) in [6.45, 7) is 4.26. The van der Waals surface area contributed by atoms with Crippen molar-refractivity contribution in [2.75, 3.05) is 39.4 Å². The molecule has 3 saturated heterocycles. The first kappa shape index (κ1) is 35.1. The summed E-state index contributed by atoms with van der Waals surface area (Å²) >= 11 is 0. The standard InChI is InChI=1S/C41H44N4O7/c46-36-15-13-33(34-14-16-38(48)43-39(34)36)37(47)25-42-24-27-9-11-31(12-10-27)51-21-22-52-32-8-4-7-30(23-32)40(29-5-2-1-3-6-29)45(41(49)50)35-26-44-19-17-28(35)18-20-44/h1-16,23,28,35,37,40,42,46-47H,17-22,24-26H2,(H,43,48)(H,49,50)/t35-,37-,40-/m0/s1. The number of aromatic hydroxyl groups is 1. The zero-order chi connectivity index (χ0) is 36.0. The van der Waals surface area contributed by atoms with Gasteiger partial charge in [0.2, 0.25) is 5.56 Å². The van der Waals surface area contributed by atoms with Gasteiger partial charge in [-0.15, -0.1) is 0 Å². The minimum atomic E-state index is -0.908. The molecule has 3 aliphatic heterocycles. The highest BCUT2D eigenvalue weighted by Gasteiger charge is 2.43. The van der Waals surface area contributed by atoms with Crippen LogP contribution < -0.4 is 20.3 Å². The fourth-order valence-electron chi connectivity index (χ4n) is 7.65. The number of rotatable bonds is 14. The van der Waals surface area contributed by atoms with Crippen molar-refractivity contribution < 1.29 is 29.6 Å². The molecule has 5 aromatic rings. The number of phenols is 1. The van der Waals surface area contributed by atoms with E-state index >= 15 is 0 Å². The topological polar surface area (TPSA) is 148 Å². The summed E-state index contributed by atoms with van der Waals surface area (Å²) < 4.78 is 12.0. The van der Waals surface area contributed by atoms with E-state index in [9.17, 15) is 24.9 Å². The van der Waals surface area contributed by atoms with E-state index < -0.39 is 18.2 Å². The molecule has 0 spiro atoms. The number of carbonyl (C=O) groups is 1. The van der Waals surface area contributed by atoms with Crippen molar-refractivity contribution in [3.63, 3.8) is 0 Å². The molecular formula is C41H44N4O7. The van der Waals surface area contributed by atoms with Crippen molar-refractivity contribution in [3.05, 3.63) is 136 Å². The van der Waals surface area contributed by atoms with Crippen LogP contribution in [0.4, 0.5) is 4.79 Å². The smallest absolute Gasteiger partial charge is 0.408 e. The number of fused-ring (bicyclic) bond motifs is 4. The Morgan fingerprint density at radius 3 is 2.33 bits per heavy atom. The number of hydrogen-bond acceptors (Lipinski definition) is 8. The first-order valence-electron chi connectivity index (χ1n) is 17.8. The molecule has 5 N–H and O–H groups in total. The summed E-state index contributed by atoms with van der Waals surface area (Å²) in [6.07, 6.45) is 0.291. The number of amides is 1. The van der Waals surface area contributed by atoms with E-state index in [1.54, 1.807) is 17.0 Å². The molecule has 1 amide bonds. The predicted octanol–water partition coefficient (Wildman–Crippen LogP) is 5.68. The van der Waals surface area contributed by atoms with E-state index in [-0.39, 0.29) is 23.9 Å². The van der Waals surface area contributed by atoms with Crippen LogP contribution in [0.15, 0.2) is 108 Å². The molecule has 3 fully saturated rings. The van der Waals surface area contributed by atoms with Gasteiger partial charge in [0.25, 0.3) is 0 Å². The molecule has 0 saturated carbocycles. The Morgan fingerprint density at radius 2 is 1.62 bits per heavy atom. The largest absolute Gasteiger partial charge is 0.506 e. The average Bonchev–Trinajstić information content (AvgIpc) is 3.17. The number of aromatic nitrogens is 1. The number of pyridine rings is 1. The van der Waals surface area contributed by atoms with Crippen LogP contribution in [0, 0.1) is 5.92 Å². The normalized spacial score (nSPS) is 19.2. The van der Waals surface area contributed by atoms with Crippen LogP contribution in [0.25, 0.3) is 10.9 Å². The third-order valence-electron chi connectivity index (χ3n) is 10.2. The second kappa shape index (κ2) is 15.9. The number of phenolic OH excluding ortho intramolecular Hbond substituents is 1. The number of benzene rings is 4. The van der Waals surface area contributed by atoms with Crippen molar-refractivity contribution in [3.8, 4) is 17.2 Å². The first-order valence-corrected chi connectivity index (χ1v) is 17.8. The number of carboxylic acid groups (broad SMARTS) is 1. The maximum Gasteiger partial charge on any atom is 0.408 e. The summed E-state index contributed by atoms with van der Waals surface area (Å²) in [6, 6.07) is 30.8. The Kier molecular flexibility index (Phi) is 10.7. The molecule has 0 unspecified atom stereocenters. The molecule has 52 heavy (non-hydrogen) atoms. The number of nitrogens with one attached hydrogen (secondary N) is 2. The zero-order valence-electron chi connectivity index (χ0n) is 28.9. The average molecular weight is 705 g/mol. The van der Waals surface area contributed by atoms with Gasteiger partial charge in [-0.25, -0.2) is 4.79 Å². The Balaban J connectivity index is 0.927. The van der Waals surface area contributed by atoms with Gasteiger partial charge in [0, 0.05) is 31.1 Å². The molecule has 1 aromatic heterocycles. The second-order valence-corrected chi connectivity index (χ2v) is 13.6. The van der Waals surface area contributed by atoms with Crippen LogP contribution in [0.3, 0.4) is 0 Å². The molecule has 270 valence electrons. The molecule has 11 nitrogen and oxygen atoms in total. The highest BCUT2D eigenvalue weighted by molar-refractivity contribution is 5.87. The fraction of sp³-hybridized carbons (Fsp3) is 0.317. The summed E-state index contributed by atoms with van der Waals surface area (Å²) in [4.78, 5) is 31.3. The van der Waals surface area contributed by atoms with E-state index in [2.05, 4.69) is 15.2 Å². The fourth-order valence-corrected chi connectivity index (χ4v) is 7.65. The van der Waals surface area contributed by atoms with Crippen LogP contribution in [0.1, 0.15) is 47.2 Å². The number of aliphatic hydroxyl groups excluding tert-OH is 1. The van der Waals surface area contributed by atoms with E-state index in [1.807, 2.05) is 78.9 Å². The number of piperidine rings is 3. The number of ether oxygens (including phenoxy) is 2. The van der Waals surface area contributed by atoms with Crippen LogP contribution in [0.2, 0.25) is 0 Å². The summed E-state index contributed by atoms with van der Waals surface area (Å²) in [5, 5.41) is 35.4. The highest BCUT2D eigenvalue weighted by atomic mass is 16.5. The van der Waals surface area contributed by atoms with Gasteiger partial charge in [-0.05, 0) is 90.5 Å². The van der Waals surface area contributed by atoms with Gasteiger partial charge >= 0.3 is 6.09 Å². The number of aromatic amines is 1. The lowest BCUT2D eigenvalue weighted by Gasteiger charge is -2.50. The maximum atomic E-state index is 12.9. The maximum absolute atomic E-state index is 12.9. The Morgan fingerprint density at radius 1 is 0.885 bits per heavy atom. The Labute approximate surface area is 302 Å². The van der Waals surface area contributed by atoms with Crippen LogP contribution in [0.5, 0.6) is 17.2 Å². The SMILES string of the molecule is O=C(O)N([C@@H](c1ccccc1)c1cccc(OCCOc2ccc(CNC[C@H](O)c3ccc(O)c4[nH]c(=O)ccc34)cc2)c1)[C@H]1CN2CCC1CC2. The van der Waals surface area contributed by atoms with E-state index in [1.165, 1.54) is 12.1 Å². The van der Waals surface area contributed by atoms with Crippen molar-refractivity contribution in [2.24, 2.45) is 5.92 Å². The van der Waals surface area contributed by atoms with Crippen molar-refractivity contribution >= 4 is 17.0 Å². The number of nitrogens with zero attached hydrogens (tertiary/aromatic N) is 2. The van der Waals surface area contributed by atoms with E-state index in [0.717, 1.165) is 49.2 Å². The third-order valence-corrected chi connectivity index (χ3v) is 10.2. The van der Waals surface area contributed by atoms with Gasteiger partial charge in [-0.1, -0.05) is 60.7 Å². The van der Waals surface area contributed by atoms with Gasteiger partial charge < -0.3 is 40.0 Å². The van der Waals surface area contributed by atoms with Crippen molar-refractivity contribution in [1.29, 1.82) is 0 Å². The molecule has 11 heteroatoms. The molecule has 8 rings (SSSR count). The molecule has 2 bridgehead atoms. The zero-order valence-corrected chi connectivity index (χ0v) is 28.9. The quantitative estimate of drug-likeness (QED) is 0.0922. The van der Waals surface area contributed by atoms with Gasteiger partial charge in [0.05, 0.1) is 23.7 Å². The minimum Gasteiger partial charge on any atom is -0.506 e. The van der Waals surface area contributed by atoms with Gasteiger partial charge in [-0.3, -0.25) is 9.69 Å².